The van der Waals surface area contributed by atoms with Crippen molar-refractivity contribution in [1.82, 2.24) is 24.5 Å². The molecule has 0 spiro atoms. The summed E-state index contributed by atoms with van der Waals surface area (Å²) in [5.74, 6) is 0.599. The van der Waals surface area contributed by atoms with Crippen molar-refractivity contribution in [3.8, 4) is 5.69 Å². The Labute approximate surface area is 178 Å². The zero-order valence-corrected chi connectivity index (χ0v) is 17.6. The number of aryl methyl sites for hydroxylation is 1. The van der Waals surface area contributed by atoms with Crippen LogP contribution in [0.1, 0.15) is 36.0 Å². The van der Waals surface area contributed by atoms with E-state index in [9.17, 15) is 9.59 Å². The van der Waals surface area contributed by atoms with Crippen LogP contribution < -0.4 is 11.1 Å². The van der Waals surface area contributed by atoms with Gasteiger partial charge in [-0.1, -0.05) is 30.0 Å². The van der Waals surface area contributed by atoms with Crippen molar-refractivity contribution >= 4 is 29.3 Å². The van der Waals surface area contributed by atoms with Gasteiger partial charge in [0.2, 0.25) is 11.8 Å². The van der Waals surface area contributed by atoms with Crippen LogP contribution in [0.15, 0.2) is 35.5 Å². The summed E-state index contributed by atoms with van der Waals surface area (Å²) in [5.41, 5.74) is 8.59. The van der Waals surface area contributed by atoms with Crippen LogP contribution in [0.2, 0.25) is 0 Å². The van der Waals surface area contributed by atoms with E-state index in [1.54, 1.807) is 4.57 Å². The Morgan fingerprint density at radius 3 is 2.60 bits per heavy atom. The lowest BCUT2D eigenvalue weighted by molar-refractivity contribution is -0.118. The molecule has 9 nitrogen and oxygen atoms in total. The number of hydrogen-bond donors (Lipinski definition) is 2. The fourth-order valence-electron chi connectivity index (χ4n) is 3.30. The van der Waals surface area contributed by atoms with E-state index in [0.717, 1.165) is 35.7 Å². The average Bonchev–Trinajstić information content (AvgIpc) is 3.44. The molecule has 156 valence electrons. The number of para-hydroxylation sites is 1. The smallest absolute Gasteiger partial charge is 0.237 e. The Kier molecular flexibility index (Phi) is 5.58. The number of hydrogen-bond acceptors (Lipinski definition) is 6. The minimum absolute atomic E-state index is 0.0187. The molecule has 3 aromatic rings. The topological polar surface area (TPSA) is 121 Å². The highest BCUT2D eigenvalue weighted by atomic mass is 32.2. The fraction of sp³-hybridized carbons (Fsp3) is 0.350. The lowest BCUT2D eigenvalue weighted by atomic mass is 10.3. The molecule has 0 aliphatic heterocycles. The van der Waals surface area contributed by atoms with Crippen molar-refractivity contribution in [3.63, 3.8) is 0 Å². The maximum atomic E-state index is 12.6. The van der Waals surface area contributed by atoms with Crippen LogP contribution in [0, 0.1) is 13.8 Å². The van der Waals surface area contributed by atoms with E-state index in [-0.39, 0.29) is 18.2 Å². The van der Waals surface area contributed by atoms with Gasteiger partial charge >= 0.3 is 0 Å². The largest absolute Gasteiger partial charge is 0.368 e. The monoisotopic (exact) mass is 425 g/mol. The summed E-state index contributed by atoms with van der Waals surface area (Å²) >= 11 is 1.24. The molecule has 2 amide bonds. The third-order valence-corrected chi connectivity index (χ3v) is 5.86. The Morgan fingerprint density at radius 1 is 1.20 bits per heavy atom. The van der Waals surface area contributed by atoms with Crippen molar-refractivity contribution in [2.45, 2.75) is 44.3 Å². The van der Waals surface area contributed by atoms with Gasteiger partial charge in [-0.15, -0.1) is 10.2 Å². The molecule has 3 N–H and O–H groups in total. The number of aromatic nitrogens is 5. The van der Waals surface area contributed by atoms with E-state index in [2.05, 4.69) is 20.6 Å². The number of primary amides is 1. The third-order valence-electron chi connectivity index (χ3n) is 4.89. The van der Waals surface area contributed by atoms with Gasteiger partial charge in [0.15, 0.2) is 5.16 Å². The predicted octanol–water partition coefficient (Wildman–Crippen LogP) is 2.17. The second kappa shape index (κ2) is 8.31. The summed E-state index contributed by atoms with van der Waals surface area (Å²) in [5, 5.41) is 16.4. The number of amides is 2. The number of thioether (sulfide) groups is 1. The molecular formula is C20H23N7O2S. The Hall–Kier alpha value is -3.14. The molecule has 1 saturated carbocycles. The zero-order chi connectivity index (χ0) is 21.3. The maximum absolute atomic E-state index is 12.6. The quantitative estimate of drug-likeness (QED) is 0.534. The highest BCUT2D eigenvalue weighted by molar-refractivity contribution is 7.99. The van der Waals surface area contributed by atoms with Gasteiger partial charge in [-0.3, -0.25) is 14.2 Å². The van der Waals surface area contributed by atoms with E-state index in [0.29, 0.717) is 16.8 Å². The van der Waals surface area contributed by atoms with E-state index in [4.69, 9.17) is 5.73 Å². The van der Waals surface area contributed by atoms with Crippen molar-refractivity contribution in [3.05, 3.63) is 47.5 Å². The molecule has 10 heteroatoms. The minimum Gasteiger partial charge on any atom is -0.368 e. The molecule has 0 atom stereocenters. The van der Waals surface area contributed by atoms with Crippen molar-refractivity contribution in [1.29, 1.82) is 0 Å². The van der Waals surface area contributed by atoms with Crippen molar-refractivity contribution in [2.24, 2.45) is 5.73 Å². The fourth-order valence-corrected chi connectivity index (χ4v) is 4.05. The van der Waals surface area contributed by atoms with Crippen molar-refractivity contribution < 1.29 is 9.59 Å². The van der Waals surface area contributed by atoms with E-state index in [1.807, 2.05) is 48.9 Å². The number of anilines is 1. The molecule has 2 aromatic heterocycles. The highest BCUT2D eigenvalue weighted by Crippen LogP contribution is 2.40. The number of nitrogens with two attached hydrogens (primary N) is 1. The van der Waals surface area contributed by atoms with Crippen molar-refractivity contribution in [2.75, 3.05) is 11.1 Å². The van der Waals surface area contributed by atoms with Gasteiger partial charge < -0.3 is 11.1 Å². The predicted molar refractivity (Wildman–Crippen MR) is 114 cm³/mol. The van der Waals surface area contributed by atoms with E-state index < -0.39 is 5.91 Å². The number of benzene rings is 1. The number of nitrogens with one attached hydrogen (secondary N) is 1. The third kappa shape index (κ3) is 4.23. The summed E-state index contributed by atoms with van der Waals surface area (Å²) < 4.78 is 3.53. The number of carbonyl (C=O) groups is 2. The molecular weight excluding hydrogens is 402 g/mol. The standard InChI is InChI=1S/C20H23N7O2S/c1-12-18(13(2)27(25-12)15-6-4-3-5-7-15)22-17(29)11-30-20-24-23-19(14-8-9-14)26(20)10-16(21)28/h3-7,14H,8-11H2,1-2H3,(H2,21,28)(H,22,29). The van der Waals surface area contributed by atoms with Gasteiger partial charge in [0.25, 0.3) is 0 Å². The first-order chi connectivity index (χ1) is 14.4. The maximum Gasteiger partial charge on any atom is 0.237 e. The normalized spacial score (nSPS) is 13.4. The van der Waals surface area contributed by atoms with E-state index >= 15 is 0 Å². The molecule has 1 aliphatic carbocycles. The molecule has 0 saturated heterocycles. The van der Waals surface area contributed by atoms with Crippen LogP contribution in [0.3, 0.4) is 0 Å². The molecule has 4 rings (SSSR count). The molecule has 30 heavy (non-hydrogen) atoms. The lowest BCUT2D eigenvalue weighted by Crippen LogP contribution is -2.21. The van der Waals surface area contributed by atoms with Crippen LogP contribution in [-0.2, 0) is 16.1 Å². The molecule has 1 aliphatic rings. The van der Waals surface area contributed by atoms with Crippen LogP contribution >= 0.6 is 11.8 Å². The molecule has 0 bridgehead atoms. The first-order valence-corrected chi connectivity index (χ1v) is 10.7. The first kappa shape index (κ1) is 20.1. The van der Waals surface area contributed by atoms with Crippen LogP contribution in [0.5, 0.6) is 0 Å². The summed E-state index contributed by atoms with van der Waals surface area (Å²) in [6, 6.07) is 9.76. The summed E-state index contributed by atoms with van der Waals surface area (Å²) in [6.45, 7) is 3.80. The number of nitrogens with zero attached hydrogens (tertiary/aromatic N) is 5. The van der Waals surface area contributed by atoms with Gasteiger partial charge in [0.05, 0.1) is 28.5 Å². The molecule has 2 heterocycles. The lowest BCUT2D eigenvalue weighted by Gasteiger charge is -2.08. The highest BCUT2D eigenvalue weighted by Gasteiger charge is 2.31. The number of carbonyl (C=O) groups excluding carboxylic acids is 2. The van der Waals surface area contributed by atoms with Gasteiger partial charge in [0, 0.05) is 5.92 Å². The Morgan fingerprint density at radius 2 is 1.93 bits per heavy atom. The van der Waals surface area contributed by atoms with Crippen LogP contribution in [0.4, 0.5) is 5.69 Å². The Bertz CT molecular complexity index is 1090. The van der Waals surface area contributed by atoms with E-state index in [1.165, 1.54) is 11.8 Å². The van der Waals surface area contributed by atoms with Gasteiger partial charge in [-0.05, 0) is 38.8 Å². The number of rotatable bonds is 8. The summed E-state index contributed by atoms with van der Waals surface area (Å²) in [7, 11) is 0. The van der Waals surface area contributed by atoms with Gasteiger partial charge in [-0.25, -0.2) is 4.68 Å². The molecule has 0 unspecified atom stereocenters. The molecule has 1 fully saturated rings. The molecule has 0 radical (unpaired) electrons. The summed E-state index contributed by atoms with van der Waals surface area (Å²) in [4.78, 5) is 24.0. The molecule has 1 aromatic carbocycles. The van der Waals surface area contributed by atoms with Crippen LogP contribution in [-0.4, -0.2) is 42.1 Å². The van der Waals surface area contributed by atoms with Gasteiger partial charge in [-0.2, -0.15) is 5.10 Å². The average molecular weight is 426 g/mol. The van der Waals surface area contributed by atoms with Gasteiger partial charge in [0.1, 0.15) is 12.4 Å². The minimum atomic E-state index is -0.456. The summed E-state index contributed by atoms with van der Waals surface area (Å²) in [6.07, 6.45) is 2.07. The second-order valence-corrected chi connectivity index (χ2v) is 8.24. The first-order valence-electron chi connectivity index (χ1n) is 9.69. The second-order valence-electron chi connectivity index (χ2n) is 7.30. The van der Waals surface area contributed by atoms with Crippen LogP contribution in [0.25, 0.3) is 5.69 Å². The SMILES string of the molecule is Cc1nn(-c2ccccc2)c(C)c1NC(=O)CSc1nnc(C2CC2)n1CC(N)=O. The zero-order valence-electron chi connectivity index (χ0n) is 16.8. The Balaban J connectivity index is 1.45.